The Balaban J connectivity index is 2.37. The summed E-state index contributed by atoms with van der Waals surface area (Å²) in [4.78, 5) is 14.4. The second kappa shape index (κ2) is 6.97. The van der Waals surface area contributed by atoms with Gasteiger partial charge in [0.2, 0.25) is 5.91 Å². The molecule has 0 heterocycles. The molecule has 0 fully saturated rings. The van der Waals surface area contributed by atoms with Gasteiger partial charge in [-0.15, -0.1) is 11.8 Å². The van der Waals surface area contributed by atoms with E-state index in [9.17, 15) is 4.79 Å². The Labute approximate surface area is 106 Å². The van der Waals surface area contributed by atoms with Gasteiger partial charge in [-0.1, -0.05) is 17.7 Å². The number of hydrogen-bond acceptors (Lipinski definition) is 3. The van der Waals surface area contributed by atoms with Crippen LogP contribution in [0.15, 0.2) is 29.2 Å². The van der Waals surface area contributed by atoms with E-state index in [4.69, 9.17) is 5.26 Å². The Hall–Kier alpha value is -1.47. The number of carbonyl (C=O) groups is 1. The summed E-state index contributed by atoms with van der Waals surface area (Å²) >= 11 is 1.52. The molecule has 0 saturated heterocycles. The third kappa shape index (κ3) is 4.92. The van der Waals surface area contributed by atoms with Crippen molar-refractivity contribution < 1.29 is 4.79 Å². The van der Waals surface area contributed by atoms with Crippen molar-refractivity contribution in [2.75, 3.05) is 19.3 Å². The summed E-state index contributed by atoms with van der Waals surface area (Å²) in [5.41, 5.74) is 1.21. The standard InChI is InChI=1S/C13H16N2OS/c1-11-4-6-12(7-5-11)17-10-13(16)15(2)9-3-8-14/h4-7H,3,9-10H2,1-2H3. The highest BCUT2D eigenvalue weighted by Crippen LogP contribution is 2.18. The maximum absolute atomic E-state index is 11.7. The predicted molar refractivity (Wildman–Crippen MR) is 69.8 cm³/mol. The zero-order valence-corrected chi connectivity index (χ0v) is 11.0. The van der Waals surface area contributed by atoms with Crippen LogP contribution in [0, 0.1) is 18.3 Å². The van der Waals surface area contributed by atoms with Gasteiger partial charge in [0, 0.05) is 18.5 Å². The van der Waals surface area contributed by atoms with E-state index in [1.54, 1.807) is 11.9 Å². The molecule has 1 aromatic rings. The molecule has 0 aromatic heterocycles. The summed E-state index contributed by atoms with van der Waals surface area (Å²) < 4.78 is 0. The number of amides is 1. The molecule has 0 bridgehead atoms. The van der Waals surface area contributed by atoms with Crippen molar-refractivity contribution in [1.29, 1.82) is 5.26 Å². The molecule has 3 nitrogen and oxygen atoms in total. The van der Waals surface area contributed by atoms with Crippen molar-refractivity contribution in [1.82, 2.24) is 4.90 Å². The van der Waals surface area contributed by atoms with Gasteiger partial charge in [0.1, 0.15) is 0 Å². The van der Waals surface area contributed by atoms with Crippen LogP contribution in [0.2, 0.25) is 0 Å². The fourth-order valence-electron chi connectivity index (χ4n) is 1.23. The highest BCUT2D eigenvalue weighted by Gasteiger charge is 2.08. The minimum atomic E-state index is 0.0609. The molecule has 1 aromatic carbocycles. The van der Waals surface area contributed by atoms with Crippen LogP contribution in [-0.4, -0.2) is 30.2 Å². The number of thioether (sulfide) groups is 1. The lowest BCUT2D eigenvalue weighted by atomic mass is 10.2. The summed E-state index contributed by atoms with van der Waals surface area (Å²) in [5, 5.41) is 8.44. The molecular formula is C13H16N2OS. The Bertz CT molecular complexity index is 408. The molecule has 1 rings (SSSR count). The largest absolute Gasteiger partial charge is 0.344 e. The fourth-order valence-corrected chi connectivity index (χ4v) is 2.07. The van der Waals surface area contributed by atoms with E-state index in [-0.39, 0.29) is 5.91 Å². The van der Waals surface area contributed by atoms with E-state index < -0.39 is 0 Å². The van der Waals surface area contributed by atoms with E-state index >= 15 is 0 Å². The molecule has 0 radical (unpaired) electrons. The molecule has 0 atom stereocenters. The molecule has 4 heteroatoms. The Kier molecular flexibility index (Phi) is 5.58. The zero-order valence-electron chi connectivity index (χ0n) is 10.1. The molecular weight excluding hydrogens is 232 g/mol. The van der Waals surface area contributed by atoms with Crippen LogP contribution in [-0.2, 0) is 4.79 Å². The van der Waals surface area contributed by atoms with E-state index in [0.717, 1.165) is 4.90 Å². The van der Waals surface area contributed by atoms with Gasteiger partial charge in [-0.2, -0.15) is 5.26 Å². The summed E-state index contributed by atoms with van der Waals surface area (Å²) in [6.45, 7) is 2.54. The number of rotatable bonds is 5. The highest BCUT2D eigenvalue weighted by molar-refractivity contribution is 8.00. The van der Waals surface area contributed by atoms with Gasteiger partial charge in [-0.25, -0.2) is 0 Å². The lowest BCUT2D eigenvalue weighted by molar-refractivity contribution is -0.127. The fraction of sp³-hybridized carbons (Fsp3) is 0.385. The van der Waals surface area contributed by atoms with Crippen LogP contribution in [0.4, 0.5) is 0 Å². The average molecular weight is 248 g/mol. The number of benzene rings is 1. The van der Waals surface area contributed by atoms with Crippen molar-refractivity contribution in [2.24, 2.45) is 0 Å². The monoisotopic (exact) mass is 248 g/mol. The lowest BCUT2D eigenvalue weighted by Crippen LogP contribution is -2.29. The summed E-state index contributed by atoms with van der Waals surface area (Å²) in [7, 11) is 1.73. The van der Waals surface area contributed by atoms with Crippen LogP contribution >= 0.6 is 11.8 Å². The van der Waals surface area contributed by atoms with Crippen molar-refractivity contribution in [3.8, 4) is 6.07 Å². The zero-order chi connectivity index (χ0) is 12.7. The SMILES string of the molecule is Cc1ccc(SCC(=O)N(C)CCC#N)cc1. The smallest absolute Gasteiger partial charge is 0.232 e. The minimum absolute atomic E-state index is 0.0609. The second-order valence-corrected chi connectivity index (χ2v) is 4.87. The van der Waals surface area contributed by atoms with Gasteiger partial charge >= 0.3 is 0 Å². The van der Waals surface area contributed by atoms with Crippen LogP contribution in [0.25, 0.3) is 0 Å². The quantitative estimate of drug-likeness (QED) is 0.752. The van der Waals surface area contributed by atoms with E-state index in [0.29, 0.717) is 18.7 Å². The molecule has 0 spiro atoms. The number of hydrogen-bond donors (Lipinski definition) is 0. The van der Waals surface area contributed by atoms with Gasteiger partial charge in [0.15, 0.2) is 0 Å². The van der Waals surface area contributed by atoms with Crippen molar-refractivity contribution in [3.05, 3.63) is 29.8 Å². The molecule has 0 aliphatic rings. The molecule has 0 saturated carbocycles. The first kappa shape index (κ1) is 13.6. The first-order valence-corrected chi connectivity index (χ1v) is 6.42. The number of aryl methyl sites for hydroxylation is 1. The van der Waals surface area contributed by atoms with E-state index in [1.807, 2.05) is 37.3 Å². The Morgan fingerprint density at radius 3 is 2.65 bits per heavy atom. The number of nitriles is 1. The Morgan fingerprint density at radius 2 is 2.06 bits per heavy atom. The van der Waals surface area contributed by atoms with Crippen LogP contribution in [0.5, 0.6) is 0 Å². The third-order valence-corrected chi connectivity index (χ3v) is 3.36. The van der Waals surface area contributed by atoms with Crippen LogP contribution in [0.3, 0.4) is 0 Å². The molecule has 0 aliphatic carbocycles. The molecule has 90 valence electrons. The molecule has 0 aliphatic heterocycles. The van der Waals surface area contributed by atoms with Gasteiger partial charge in [-0.3, -0.25) is 4.79 Å². The molecule has 1 amide bonds. The normalized spacial score (nSPS) is 9.71. The number of carbonyl (C=O) groups excluding carboxylic acids is 1. The van der Waals surface area contributed by atoms with Gasteiger partial charge < -0.3 is 4.90 Å². The molecule has 17 heavy (non-hydrogen) atoms. The third-order valence-electron chi connectivity index (χ3n) is 2.37. The lowest BCUT2D eigenvalue weighted by Gasteiger charge is -2.14. The Morgan fingerprint density at radius 1 is 1.41 bits per heavy atom. The molecule has 0 unspecified atom stereocenters. The first-order valence-electron chi connectivity index (χ1n) is 5.44. The maximum atomic E-state index is 11.7. The average Bonchev–Trinajstić information content (AvgIpc) is 2.34. The highest BCUT2D eigenvalue weighted by atomic mass is 32.2. The maximum Gasteiger partial charge on any atom is 0.232 e. The number of nitrogens with zero attached hydrogens (tertiary/aromatic N) is 2. The van der Waals surface area contributed by atoms with Gasteiger partial charge in [0.25, 0.3) is 0 Å². The van der Waals surface area contributed by atoms with Gasteiger partial charge in [-0.05, 0) is 19.1 Å². The van der Waals surface area contributed by atoms with Gasteiger partial charge in [0.05, 0.1) is 18.2 Å². The summed E-state index contributed by atoms with van der Waals surface area (Å²) in [6, 6.07) is 10.1. The van der Waals surface area contributed by atoms with Crippen molar-refractivity contribution >= 4 is 17.7 Å². The van der Waals surface area contributed by atoms with E-state index in [2.05, 4.69) is 0 Å². The second-order valence-electron chi connectivity index (χ2n) is 3.83. The summed E-state index contributed by atoms with van der Waals surface area (Å²) in [6.07, 6.45) is 0.386. The van der Waals surface area contributed by atoms with Crippen molar-refractivity contribution in [2.45, 2.75) is 18.2 Å². The topological polar surface area (TPSA) is 44.1 Å². The van der Waals surface area contributed by atoms with E-state index in [1.165, 1.54) is 17.3 Å². The van der Waals surface area contributed by atoms with Crippen LogP contribution in [0.1, 0.15) is 12.0 Å². The predicted octanol–water partition coefficient (Wildman–Crippen LogP) is 2.46. The molecule has 0 N–H and O–H groups in total. The summed E-state index contributed by atoms with van der Waals surface area (Å²) in [5.74, 6) is 0.483. The van der Waals surface area contributed by atoms with Crippen LogP contribution < -0.4 is 0 Å². The van der Waals surface area contributed by atoms with Crippen molar-refractivity contribution in [3.63, 3.8) is 0 Å². The minimum Gasteiger partial charge on any atom is -0.344 e. The first-order chi connectivity index (χ1) is 8.13.